The topological polar surface area (TPSA) is 0 Å². The highest BCUT2D eigenvalue weighted by atomic mass is 19.1. The summed E-state index contributed by atoms with van der Waals surface area (Å²) < 4.78 is 18.7. The van der Waals surface area contributed by atoms with Crippen molar-refractivity contribution in [2.24, 2.45) is 11.8 Å². The van der Waals surface area contributed by atoms with Crippen LogP contribution in [0.1, 0.15) is 22.1 Å². The van der Waals surface area contributed by atoms with Gasteiger partial charge in [0.15, 0.2) is 0 Å². The first-order valence-corrected chi connectivity index (χ1v) is 2.62. The highest BCUT2D eigenvalue weighted by Gasteiger charge is 2.03. The van der Waals surface area contributed by atoms with Crippen molar-refractivity contribution in [3.05, 3.63) is 0 Å². The zero-order valence-electron chi connectivity index (χ0n) is 6.11. The molecule has 0 amide bonds. The number of halogens is 1. The van der Waals surface area contributed by atoms with Gasteiger partial charge in [-0.2, -0.15) is 0 Å². The minimum Gasteiger partial charge on any atom is -0.251 e. The van der Waals surface area contributed by atoms with Crippen LogP contribution < -0.4 is 0 Å². The summed E-state index contributed by atoms with van der Waals surface area (Å²) >= 11 is 0. The molecule has 0 spiro atoms. The molecule has 44 valence electrons. The largest absolute Gasteiger partial charge is 0.251 e. The first-order valence-electron chi connectivity index (χ1n) is 3.19. The third kappa shape index (κ3) is 2.60. The van der Waals surface area contributed by atoms with Gasteiger partial charge in [0, 0.05) is 0 Å². The van der Waals surface area contributed by atoms with E-state index in [0.717, 1.165) is 0 Å². The van der Waals surface area contributed by atoms with Crippen LogP contribution >= 0.6 is 0 Å². The van der Waals surface area contributed by atoms with Crippen molar-refractivity contribution in [2.45, 2.75) is 20.8 Å². The summed E-state index contributed by atoms with van der Waals surface area (Å²) in [6.07, 6.45) is 0. The molecule has 0 saturated heterocycles. The van der Waals surface area contributed by atoms with E-state index in [4.69, 9.17) is 1.37 Å². The molecule has 0 aromatic heterocycles. The molecule has 0 heterocycles. The Bertz CT molecular complexity index is 53.5. The number of rotatable bonds is 2. The van der Waals surface area contributed by atoms with Gasteiger partial charge in [-0.05, 0) is 11.8 Å². The molecule has 0 bridgehead atoms. The number of hydrogen-bond acceptors (Lipinski definition) is 0. The van der Waals surface area contributed by atoms with Crippen LogP contribution in [0.2, 0.25) is 0 Å². The van der Waals surface area contributed by atoms with Crippen molar-refractivity contribution in [3.63, 3.8) is 0 Å². The van der Waals surface area contributed by atoms with E-state index in [1.807, 2.05) is 13.8 Å². The van der Waals surface area contributed by atoms with Crippen molar-refractivity contribution in [2.75, 3.05) is 6.65 Å². The zero-order chi connectivity index (χ0) is 6.73. The number of alkyl halides is 1. The standard InChI is InChI=1S/C6H13F/c1-5(2)6(3)4-7/h5-6H,4H2,1-3H3/i4D. The van der Waals surface area contributed by atoms with Crippen molar-refractivity contribution < 1.29 is 5.76 Å². The van der Waals surface area contributed by atoms with Crippen molar-refractivity contribution in [1.82, 2.24) is 0 Å². The second-order valence-corrected chi connectivity index (χ2v) is 2.23. The van der Waals surface area contributed by atoms with Crippen molar-refractivity contribution in [1.29, 1.82) is 0 Å². The molecule has 0 nitrogen and oxygen atoms in total. The zero-order valence-corrected chi connectivity index (χ0v) is 5.11. The molecule has 0 fully saturated rings. The molecular weight excluding hydrogens is 91.1 g/mol. The molecule has 0 radical (unpaired) electrons. The van der Waals surface area contributed by atoms with Gasteiger partial charge in [0.1, 0.15) is 0 Å². The smallest absolute Gasteiger partial charge is 0.0922 e. The van der Waals surface area contributed by atoms with Crippen molar-refractivity contribution in [3.8, 4) is 0 Å². The molecule has 1 heteroatoms. The molecule has 0 rings (SSSR count). The van der Waals surface area contributed by atoms with Crippen LogP contribution in [0, 0.1) is 11.8 Å². The first kappa shape index (κ1) is 5.07. The van der Waals surface area contributed by atoms with E-state index in [2.05, 4.69) is 0 Å². The first-order chi connectivity index (χ1) is 3.55. The molecule has 7 heavy (non-hydrogen) atoms. The van der Waals surface area contributed by atoms with Gasteiger partial charge in [0.2, 0.25) is 0 Å². The quantitative estimate of drug-likeness (QED) is 0.505. The van der Waals surface area contributed by atoms with E-state index >= 15 is 0 Å². The van der Waals surface area contributed by atoms with Gasteiger partial charge in [-0.15, -0.1) is 0 Å². The summed E-state index contributed by atoms with van der Waals surface area (Å²) in [6, 6.07) is 0. The fraction of sp³-hybridized carbons (Fsp3) is 1.00. The van der Waals surface area contributed by atoms with Crippen molar-refractivity contribution >= 4 is 0 Å². The van der Waals surface area contributed by atoms with Gasteiger partial charge in [-0.3, -0.25) is 4.39 Å². The molecule has 0 saturated carbocycles. The maximum atomic E-state index is 12.0. The van der Waals surface area contributed by atoms with Crippen LogP contribution in [-0.2, 0) is 0 Å². The average Bonchev–Trinajstić information content (AvgIpc) is 1.64. The fourth-order valence-electron chi connectivity index (χ4n) is 0.145. The second-order valence-electron chi connectivity index (χ2n) is 2.23. The minimum atomic E-state index is -1.41. The highest BCUT2D eigenvalue weighted by Crippen LogP contribution is 2.08. The van der Waals surface area contributed by atoms with Crippen LogP contribution in [0.5, 0.6) is 0 Å². The minimum absolute atomic E-state index is 0.130. The summed E-state index contributed by atoms with van der Waals surface area (Å²) in [5.41, 5.74) is 0. The molecule has 0 aliphatic rings. The molecular formula is C6H13F. The SMILES string of the molecule is [2H]C(F)C(C)C(C)C. The lowest BCUT2D eigenvalue weighted by molar-refractivity contribution is 0.311. The van der Waals surface area contributed by atoms with Gasteiger partial charge < -0.3 is 0 Å². The summed E-state index contributed by atoms with van der Waals surface area (Å²) in [4.78, 5) is 0. The van der Waals surface area contributed by atoms with E-state index < -0.39 is 6.65 Å². The molecule has 0 aromatic rings. The fourth-order valence-corrected chi connectivity index (χ4v) is 0.145. The Labute approximate surface area is 46.1 Å². The van der Waals surface area contributed by atoms with Crippen LogP contribution in [-0.4, -0.2) is 6.65 Å². The summed E-state index contributed by atoms with van der Waals surface area (Å²) in [5, 5.41) is 0. The van der Waals surface area contributed by atoms with E-state index in [0.29, 0.717) is 0 Å². The van der Waals surface area contributed by atoms with Gasteiger partial charge in [-0.25, -0.2) is 0 Å². The van der Waals surface area contributed by atoms with Crippen LogP contribution in [0.25, 0.3) is 0 Å². The Kier molecular flexibility index (Phi) is 2.18. The maximum Gasteiger partial charge on any atom is 0.0922 e. The monoisotopic (exact) mass is 105 g/mol. The van der Waals surface area contributed by atoms with Crippen LogP contribution in [0.3, 0.4) is 0 Å². The van der Waals surface area contributed by atoms with Gasteiger partial charge in [-0.1, -0.05) is 20.8 Å². The van der Waals surface area contributed by atoms with Crippen LogP contribution in [0.4, 0.5) is 4.39 Å². The molecule has 0 N–H and O–H groups in total. The summed E-state index contributed by atoms with van der Waals surface area (Å²) in [5.74, 6) is 0.150. The highest BCUT2D eigenvalue weighted by molar-refractivity contribution is 4.52. The lowest BCUT2D eigenvalue weighted by atomic mass is 10.0. The second kappa shape index (κ2) is 3.00. The molecule has 0 aliphatic carbocycles. The summed E-state index contributed by atoms with van der Waals surface area (Å²) in [6.45, 7) is 4.19. The molecule has 0 aromatic carbocycles. The lowest BCUT2D eigenvalue weighted by Gasteiger charge is -2.08. The van der Waals surface area contributed by atoms with E-state index in [1.165, 1.54) is 0 Å². The third-order valence-electron chi connectivity index (χ3n) is 1.25. The lowest BCUT2D eigenvalue weighted by Crippen LogP contribution is -2.04. The van der Waals surface area contributed by atoms with E-state index in [1.54, 1.807) is 6.92 Å². The Balaban J connectivity index is 3.46. The predicted molar refractivity (Wildman–Crippen MR) is 30.0 cm³/mol. The Hall–Kier alpha value is -0.0700. The van der Waals surface area contributed by atoms with Gasteiger partial charge in [0.25, 0.3) is 0 Å². The Morgan fingerprint density at radius 3 is 2.00 bits per heavy atom. The molecule has 2 atom stereocenters. The Morgan fingerprint density at radius 2 is 2.00 bits per heavy atom. The number of hydrogen-bond donors (Lipinski definition) is 0. The maximum absolute atomic E-state index is 12.0. The normalized spacial score (nSPS) is 21.6. The molecule has 0 aliphatic heterocycles. The summed E-state index contributed by atoms with van der Waals surface area (Å²) in [7, 11) is 0. The molecule has 2 unspecified atom stereocenters. The average molecular weight is 105 g/mol. The Morgan fingerprint density at radius 1 is 1.57 bits per heavy atom. The van der Waals surface area contributed by atoms with Gasteiger partial charge in [0.05, 0.1) is 8.02 Å². The van der Waals surface area contributed by atoms with Crippen LogP contribution in [0.15, 0.2) is 0 Å². The third-order valence-corrected chi connectivity index (χ3v) is 1.25. The van der Waals surface area contributed by atoms with Gasteiger partial charge >= 0.3 is 0 Å². The van der Waals surface area contributed by atoms with E-state index in [-0.39, 0.29) is 11.8 Å². The van der Waals surface area contributed by atoms with E-state index in [9.17, 15) is 4.39 Å². The predicted octanol–water partition coefficient (Wildman–Crippen LogP) is 2.25.